The van der Waals surface area contributed by atoms with Crippen LogP contribution >= 0.6 is 23.1 Å². The van der Waals surface area contributed by atoms with Gasteiger partial charge in [0, 0.05) is 5.69 Å². The molecule has 0 saturated heterocycles. The maximum atomic E-state index is 11.9. The molecule has 0 aliphatic rings. The normalized spacial score (nSPS) is 10.8. The molecule has 1 amide bonds. The van der Waals surface area contributed by atoms with Crippen molar-refractivity contribution in [3.63, 3.8) is 0 Å². The topological polar surface area (TPSA) is 110 Å². The van der Waals surface area contributed by atoms with Crippen molar-refractivity contribution in [2.75, 3.05) is 17.3 Å². The van der Waals surface area contributed by atoms with Gasteiger partial charge in [0.2, 0.25) is 11.8 Å². The summed E-state index contributed by atoms with van der Waals surface area (Å²) >= 11 is 3.18. The Morgan fingerprint density at radius 2 is 2.30 bits per heavy atom. The van der Waals surface area contributed by atoms with E-state index in [-0.39, 0.29) is 17.7 Å². The summed E-state index contributed by atoms with van der Waals surface area (Å²) in [6.07, 6.45) is 1.98. The van der Waals surface area contributed by atoms with Crippen molar-refractivity contribution in [3.8, 4) is 0 Å². The minimum absolute atomic E-state index is 0.0395. The Hall–Kier alpha value is -2.13. The van der Waals surface area contributed by atoms with E-state index in [1.54, 1.807) is 29.2 Å². The molecule has 2 heterocycles. The molecule has 0 atom stereocenters. The number of carbonyl (C=O) groups excluding carboxylic acids is 1. The van der Waals surface area contributed by atoms with Gasteiger partial charge in [-0.05, 0) is 24.5 Å². The molecule has 7 nitrogen and oxygen atoms in total. The number of nitrogens with two attached hydrogens (primary N) is 1. The Kier molecular flexibility index (Phi) is 3.28. The van der Waals surface area contributed by atoms with Gasteiger partial charge in [0.05, 0.1) is 10.2 Å². The second-order valence-corrected chi connectivity index (χ2v) is 5.95. The van der Waals surface area contributed by atoms with E-state index in [1.807, 2.05) is 18.4 Å². The predicted octanol–water partition coefficient (Wildman–Crippen LogP) is 1.97. The zero-order valence-corrected chi connectivity index (χ0v) is 12.0. The van der Waals surface area contributed by atoms with Crippen LogP contribution in [0.1, 0.15) is 10.6 Å². The lowest BCUT2D eigenvalue weighted by atomic mass is 10.3. The van der Waals surface area contributed by atoms with Crippen molar-refractivity contribution in [3.05, 3.63) is 24.0 Å². The number of carbonyl (C=O) groups is 1. The lowest BCUT2D eigenvalue weighted by Gasteiger charge is -2.02. The number of hydrogen-bond donors (Lipinski definition) is 3. The molecule has 102 valence electrons. The summed E-state index contributed by atoms with van der Waals surface area (Å²) in [5.41, 5.74) is 6.95. The SMILES string of the molecule is CSc1nc2ccc(NC(=O)c3nc(N)n[nH]3)cc2s1. The van der Waals surface area contributed by atoms with Gasteiger partial charge in [-0.2, -0.15) is 4.98 Å². The standard InChI is InChI=1S/C11H10N6OS2/c1-19-11-14-6-3-2-5(4-7(6)20-11)13-9(18)8-15-10(12)17-16-8/h2-4H,1H3,(H,13,18)(H3,12,15,16,17). The summed E-state index contributed by atoms with van der Waals surface area (Å²) in [5, 5.41) is 8.81. The maximum Gasteiger partial charge on any atom is 0.293 e. The average Bonchev–Trinajstić information content (AvgIpc) is 3.03. The van der Waals surface area contributed by atoms with Crippen molar-refractivity contribution in [1.29, 1.82) is 0 Å². The van der Waals surface area contributed by atoms with Crippen LogP contribution in [0.4, 0.5) is 11.6 Å². The van der Waals surface area contributed by atoms with Crippen LogP contribution in [0.3, 0.4) is 0 Å². The van der Waals surface area contributed by atoms with Gasteiger partial charge in [0.15, 0.2) is 4.34 Å². The highest BCUT2D eigenvalue weighted by molar-refractivity contribution is 8.00. The summed E-state index contributed by atoms with van der Waals surface area (Å²) < 4.78 is 2.01. The number of thiazole rings is 1. The molecule has 0 unspecified atom stereocenters. The third-order valence-electron chi connectivity index (χ3n) is 2.52. The fraction of sp³-hybridized carbons (Fsp3) is 0.0909. The number of thioether (sulfide) groups is 1. The van der Waals surface area contributed by atoms with Crippen LogP contribution in [0.15, 0.2) is 22.5 Å². The van der Waals surface area contributed by atoms with Crippen LogP contribution in [0, 0.1) is 0 Å². The second-order valence-electron chi connectivity index (χ2n) is 3.86. The van der Waals surface area contributed by atoms with Crippen LogP contribution in [0.5, 0.6) is 0 Å². The van der Waals surface area contributed by atoms with Crippen molar-refractivity contribution in [2.24, 2.45) is 0 Å². The summed E-state index contributed by atoms with van der Waals surface area (Å²) in [4.78, 5) is 20.1. The van der Waals surface area contributed by atoms with E-state index >= 15 is 0 Å². The number of amides is 1. The van der Waals surface area contributed by atoms with Gasteiger partial charge in [-0.15, -0.1) is 16.4 Å². The van der Waals surface area contributed by atoms with Crippen molar-refractivity contribution in [1.82, 2.24) is 20.2 Å². The van der Waals surface area contributed by atoms with Crippen LogP contribution < -0.4 is 11.1 Å². The lowest BCUT2D eigenvalue weighted by Crippen LogP contribution is -2.13. The summed E-state index contributed by atoms with van der Waals surface area (Å²) in [6.45, 7) is 0. The Morgan fingerprint density at radius 3 is 3.00 bits per heavy atom. The fourth-order valence-corrected chi connectivity index (χ4v) is 3.16. The maximum absolute atomic E-state index is 11.9. The zero-order valence-electron chi connectivity index (χ0n) is 10.4. The van der Waals surface area contributed by atoms with Gasteiger partial charge >= 0.3 is 0 Å². The zero-order chi connectivity index (χ0) is 14.1. The van der Waals surface area contributed by atoms with E-state index in [0.717, 1.165) is 14.6 Å². The first-order chi connectivity index (χ1) is 9.65. The molecule has 0 spiro atoms. The molecule has 9 heteroatoms. The minimum Gasteiger partial charge on any atom is -0.366 e. The van der Waals surface area contributed by atoms with E-state index in [1.165, 1.54) is 0 Å². The van der Waals surface area contributed by atoms with E-state index in [9.17, 15) is 4.79 Å². The van der Waals surface area contributed by atoms with Gasteiger partial charge < -0.3 is 11.1 Å². The van der Waals surface area contributed by atoms with E-state index in [0.29, 0.717) is 5.69 Å². The molecule has 3 aromatic rings. The van der Waals surface area contributed by atoms with Gasteiger partial charge in [-0.25, -0.2) is 4.98 Å². The number of hydrogen-bond acceptors (Lipinski definition) is 7. The van der Waals surface area contributed by atoms with E-state index < -0.39 is 0 Å². The molecule has 20 heavy (non-hydrogen) atoms. The van der Waals surface area contributed by atoms with Crippen LogP contribution in [0.25, 0.3) is 10.2 Å². The summed E-state index contributed by atoms with van der Waals surface area (Å²) in [7, 11) is 0. The van der Waals surface area contributed by atoms with Crippen molar-refractivity contribution >= 4 is 50.9 Å². The highest BCUT2D eigenvalue weighted by atomic mass is 32.2. The number of fused-ring (bicyclic) bond motifs is 1. The first-order valence-corrected chi connectivity index (χ1v) is 7.63. The molecule has 0 aliphatic heterocycles. The summed E-state index contributed by atoms with van der Waals surface area (Å²) in [6, 6.07) is 5.55. The third kappa shape index (κ3) is 2.45. The van der Waals surface area contributed by atoms with Gasteiger partial charge in [0.1, 0.15) is 0 Å². The monoisotopic (exact) mass is 306 g/mol. The van der Waals surface area contributed by atoms with E-state index in [2.05, 4.69) is 25.5 Å². The Bertz CT molecular complexity index is 780. The Balaban J connectivity index is 1.85. The Labute approximate surface area is 122 Å². The smallest absolute Gasteiger partial charge is 0.293 e. The van der Waals surface area contributed by atoms with Gasteiger partial charge in [-0.1, -0.05) is 11.8 Å². The fourth-order valence-electron chi connectivity index (χ4n) is 1.64. The number of nitrogen functional groups attached to an aromatic ring is 1. The molecule has 0 fully saturated rings. The summed E-state index contributed by atoms with van der Waals surface area (Å²) in [5.74, 6) is -0.266. The molecule has 0 bridgehead atoms. The van der Waals surface area contributed by atoms with Crippen LogP contribution in [-0.2, 0) is 0 Å². The quantitative estimate of drug-likeness (QED) is 0.638. The highest BCUT2D eigenvalue weighted by Crippen LogP contribution is 2.29. The molecule has 2 aromatic heterocycles. The number of benzene rings is 1. The average molecular weight is 306 g/mol. The molecule has 0 aliphatic carbocycles. The van der Waals surface area contributed by atoms with Gasteiger partial charge in [-0.3, -0.25) is 9.89 Å². The molecular formula is C11H10N6OS2. The molecule has 3 rings (SSSR count). The number of aromatic nitrogens is 4. The van der Waals surface area contributed by atoms with Crippen molar-refractivity contribution in [2.45, 2.75) is 4.34 Å². The predicted molar refractivity (Wildman–Crippen MR) is 80.1 cm³/mol. The number of nitrogens with zero attached hydrogens (tertiary/aromatic N) is 3. The second kappa shape index (κ2) is 5.10. The number of H-pyrrole nitrogens is 1. The van der Waals surface area contributed by atoms with E-state index in [4.69, 9.17) is 5.73 Å². The minimum atomic E-state index is -0.386. The third-order valence-corrected chi connectivity index (χ3v) is 4.52. The first kappa shape index (κ1) is 12.9. The first-order valence-electron chi connectivity index (χ1n) is 5.59. The molecule has 0 saturated carbocycles. The number of aromatic amines is 1. The largest absolute Gasteiger partial charge is 0.366 e. The van der Waals surface area contributed by atoms with Crippen molar-refractivity contribution < 1.29 is 4.79 Å². The van der Waals surface area contributed by atoms with Crippen LogP contribution in [-0.4, -0.2) is 32.3 Å². The number of anilines is 2. The molecule has 0 radical (unpaired) electrons. The molecule has 4 N–H and O–H groups in total. The van der Waals surface area contributed by atoms with Gasteiger partial charge in [0.25, 0.3) is 5.91 Å². The number of rotatable bonds is 3. The Morgan fingerprint density at radius 1 is 1.45 bits per heavy atom. The number of nitrogens with one attached hydrogen (secondary N) is 2. The molecule has 1 aromatic carbocycles. The molecular weight excluding hydrogens is 296 g/mol. The van der Waals surface area contributed by atoms with Crippen LogP contribution in [0.2, 0.25) is 0 Å². The highest BCUT2D eigenvalue weighted by Gasteiger charge is 2.11. The lowest BCUT2D eigenvalue weighted by molar-refractivity contribution is 0.101.